The zero-order valence-corrected chi connectivity index (χ0v) is 10.7. The number of furan rings is 1. The summed E-state index contributed by atoms with van der Waals surface area (Å²) in [5.74, 6) is 4.19. The monoisotopic (exact) mass is 233 g/mol. The molecule has 2 bridgehead atoms. The van der Waals surface area contributed by atoms with Crippen molar-refractivity contribution in [2.75, 3.05) is 7.05 Å². The largest absolute Gasteiger partial charge is 0.469 e. The van der Waals surface area contributed by atoms with Crippen LogP contribution in [0.5, 0.6) is 0 Å². The Kier molecular flexibility index (Phi) is 3.24. The molecule has 1 N–H and O–H groups in total. The molecule has 4 atom stereocenters. The Morgan fingerprint density at radius 3 is 2.94 bits per heavy atom. The summed E-state index contributed by atoms with van der Waals surface area (Å²) >= 11 is 0. The Bertz CT molecular complexity index is 346. The van der Waals surface area contributed by atoms with Gasteiger partial charge in [-0.1, -0.05) is 6.42 Å². The molecular weight excluding hydrogens is 210 g/mol. The van der Waals surface area contributed by atoms with Crippen molar-refractivity contribution in [3.8, 4) is 0 Å². The van der Waals surface area contributed by atoms with Crippen LogP contribution in [0.25, 0.3) is 0 Å². The molecule has 3 rings (SSSR count). The second kappa shape index (κ2) is 4.85. The summed E-state index contributed by atoms with van der Waals surface area (Å²) in [7, 11) is 2.08. The molecule has 2 heteroatoms. The molecule has 1 heterocycles. The minimum atomic E-state index is 0.588. The zero-order valence-electron chi connectivity index (χ0n) is 10.7. The highest BCUT2D eigenvalue weighted by atomic mass is 16.3. The number of likely N-dealkylation sites (N-methyl/N-ethyl adjacent to an activating group) is 1. The molecule has 1 aromatic rings. The summed E-state index contributed by atoms with van der Waals surface area (Å²) in [5.41, 5.74) is 0. The van der Waals surface area contributed by atoms with E-state index in [1.54, 1.807) is 6.26 Å². The predicted octanol–water partition coefficient (Wildman–Crippen LogP) is 3.24. The lowest BCUT2D eigenvalue weighted by Crippen LogP contribution is -2.31. The summed E-state index contributed by atoms with van der Waals surface area (Å²) in [4.78, 5) is 0. The van der Waals surface area contributed by atoms with Crippen molar-refractivity contribution in [1.82, 2.24) is 5.32 Å². The van der Waals surface area contributed by atoms with Crippen molar-refractivity contribution in [2.45, 2.75) is 44.6 Å². The molecule has 94 valence electrons. The van der Waals surface area contributed by atoms with E-state index in [4.69, 9.17) is 4.42 Å². The van der Waals surface area contributed by atoms with Crippen LogP contribution in [0.2, 0.25) is 0 Å². The van der Waals surface area contributed by atoms with Crippen molar-refractivity contribution in [1.29, 1.82) is 0 Å². The van der Waals surface area contributed by atoms with Crippen LogP contribution in [0.4, 0.5) is 0 Å². The van der Waals surface area contributed by atoms with Gasteiger partial charge in [-0.3, -0.25) is 0 Å². The van der Waals surface area contributed by atoms with Gasteiger partial charge in [0.25, 0.3) is 0 Å². The number of rotatable bonds is 5. The van der Waals surface area contributed by atoms with Crippen molar-refractivity contribution in [3.63, 3.8) is 0 Å². The molecule has 2 aliphatic rings. The van der Waals surface area contributed by atoms with Gasteiger partial charge in [0.15, 0.2) is 0 Å². The maximum atomic E-state index is 5.45. The molecule has 0 radical (unpaired) electrons. The second-order valence-corrected chi connectivity index (χ2v) is 5.94. The lowest BCUT2D eigenvalue weighted by Gasteiger charge is -2.26. The average molecular weight is 233 g/mol. The summed E-state index contributed by atoms with van der Waals surface area (Å²) < 4.78 is 5.45. The zero-order chi connectivity index (χ0) is 11.7. The van der Waals surface area contributed by atoms with Gasteiger partial charge < -0.3 is 9.73 Å². The second-order valence-electron chi connectivity index (χ2n) is 5.94. The fraction of sp³-hybridized carbons (Fsp3) is 0.733. The van der Waals surface area contributed by atoms with Crippen LogP contribution >= 0.6 is 0 Å². The maximum absolute atomic E-state index is 5.45. The van der Waals surface area contributed by atoms with Gasteiger partial charge in [0.1, 0.15) is 5.76 Å². The van der Waals surface area contributed by atoms with Gasteiger partial charge in [-0.05, 0) is 62.6 Å². The van der Waals surface area contributed by atoms with Gasteiger partial charge >= 0.3 is 0 Å². The van der Waals surface area contributed by atoms with E-state index in [1.165, 1.54) is 32.1 Å². The smallest absolute Gasteiger partial charge is 0.105 e. The molecule has 0 amide bonds. The Hall–Kier alpha value is -0.760. The first-order valence-electron chi connectivity index (χ1n) is 7.04. The Morgan fingerprint density at radius 1 is 1.41 bits per heavy atom. The number of nitrogens with one attached hydrogen (secondary N) is 1. The first-order chi connectivity index (χ1) is 8.35. The molecule has 0 aromatic carbocycles. The van der Waals surface area contributed by atoms with Crippen molar-refractivity contribution in [3.05, 3.63) is 24.2 Å². The van der Waals surface area contributed by atoms with Crippen LogP contribution in [-0.2, 0) is 6.42 Å². The highest BCUT2D eigenvalue weighted by Crippen LogP contribution is 2.49. The Labute approximate surface area is 104 Å². The van der Waals surface area contributed by atoms with E-state index in [1.807, 2.05) is 6.07 Å². The third-order valence-electron chi connectivity index (χ3n) is 4.91. The first kappa shape index (κ1) is 11.3. The molecular formula is C15H23NO. The number of hydrogen-bond donors (Lipinski definition) is 1. The normalized spacial score (nSPS) is 33.1. The lowest BCUT2D eigenvalue weighted by molar-refractivity contribution is 0.277. The van der Waals surface area contributed by atoms with Gasteiger partial charge in [-0.25, -0.2) is 0 Å². The van der Waals surface area contributed by atoms with Crippen molar-refractivity contribution < 1.29 is 4.42 Å². The van der Waals surface area contributed by atoms with Gasteiger partial charge in [-0.15, -0.1) is 0 Å². The highest BCUT2D eigenvalue weighted by molar-refractivity contribution is 5.01. The van der Waals surface area contributed by atoms with Gasteiger partial charge in [0, 0.05) is 12.5 Å². The third-order valence-corrected chi connectivity index (χ3v) is 4.91. The van der Waals surface area contributed by atoms with E-state index in [0.29, 0.717) is 6.04 Å². The van der Waals surface area contributed by atoms with Crippen LogP contribution < -0.4 is 5.32 Å². The molecule has 4 unspecified atom stereocenters. The number of fused-ring (bicyclic) bond motifs is 2. The van der Waals surface area contributed by atoms with Crippen LogP contribution in [-0.4, -0.2) is 13.1 Å². The molecule has 2 nitrogen and oxygen atoms in total. The van der Waals surface area contributed by atoms with Gasteiger partial charge in [-0.2, -0.15) is 0 Å². The van der Waals surface area contributed by atoms with E-state index >= 15 is 0 Å². The summed E-state index contributed by atoms with van der Waals surface area (Å²) in [6, 6.07) is 4.66. The standard InChI is InChI=1S/C15H23NO/c1-16-14(10-15-3-2-6-17-15)9-13-8-11-4-5-12(13)7-11/h2-3,6,11-14,16H,4-5,7-10H2,1H3. The van der Waals surface area contributed by atoms with Crippen LogP contribution in [0.1, 0.15) is 37.9 Å². The van der Waals surface area contributed by atoms with Crippen LogP contribution in [0.15, 0.2) is 22.8 Å². The predicted molar refractivity (Wildman–Crippen MR) is 68.8 cm³/mol. The topological polar surface area (TPSA) is 25.2 Å². The van der Waals surface area contributed by atoms with E-state index < -0.39 is 0 Å². The fourth-order valence-electron chi connectivity index (χ4n) is 4.01. The van der Waals surface area contributed by atoms with Crippen molar-refractivity contribution in [2.24, 2.45) is 17.8 Å². The van der Waals surface area contributed by atoms with E-state index in [-0.39, 0.29) is 0 Å². The molecule has 17 heavy (non-hydrogen) atoms. The van der Waals surface area contributed by atoms with Gasteiger partial charge in [0.2, 0.25) is 0 Å². The minimum absolute atomic E-state index is 0.588. The molecule has 2 fully saturated rings. The molecule has 0 saturated heterocycles. The average Bonchev–Trinajstić information content (AvgIpc) is 3.04. The molecule has 0 aliphatic heterocycles. The minimum Gasteiger partial charge on any atom is -0.469 e. The Balaban J connectivity index is 1.55. The van der Waals surface area contributed by atoms with Crippen LogP contribution in [0.3, 0.4) is 0 Å². The third kappa shape index (κ3) is 2.42. The van der Waals surface area contributed by atoms with E-state index in [9.17, 15) is 0 Å². The van der Waals surface area contributed by atoms with Crippen molar-refractivity contribution >= 4 is 0 Å². The number of hydrogen-bond acceptors (Lipinski definition) is 2. The summed E-state index contributed by atoms with van der Waals surface area (Å²) in [5, 5.41) is 3.47. The SMILES string of the molecule is CNC(Cc1ccco1)CC1CC2CCC1C2. The van der Waals surface area contributed by atoms with E-state index in [0.717, 1.165) is 29.9 Å². The lowest BCUT2D eigenvalue weighted by atomic mass is 9.83. The quantitative estimate of drug-likeness (QED) is 0.844. The summed E-state index contributed by atoms with van der Waals surface area (Å²) in [6.07, 6.45) is 10.1. The molecule has 2 saturated carbocycles. The first-order valence-corrected chi connectivity index (χ1v) is 7.04. The molecule has 2 aliphatic carbocycles. The fourth-order valence-corrected chi connectivity index (χ4v) is 4.01. The van der Waals surface area contributed by atoms with E-state index in [2.05, 4.69) is 18.4 Å². The molecule has 1 aromatic heterocycles. The summed E-state index contributed by atoms with van der Waals surface area (Å²) in [6.45, 7) is 0. The maximum Gasteiger partial charge on any atom is 0.105 e. The molecule has 0 spiro atoms. The Morgan fingerprint density at radius 2 is 2.35 bits per heavy atom. The highest BCUT2D eigenvalue weighted by Gasteiger charge is 2.39. The van der Waals surface area contributed by atoms with Gasteiger partial charge in [0.05, 0.1) is 6.26 Å². The van der Waals surface area contributed by atoms with Crippen LogP contribution in [0, 0.1) is 17.8 Å².